The lowest BCUT2D eigenvalue weighted by Crippen LogP contribution is -2.42. The van der Waals surface area contributed by atoms with E-state index in [9.17, 15) is 4.39 Å². The zero-order valence-corrected chi connectivity index (χ0v) is 18.5. The topological polar surface area (TPSA) is 124 Å². The van der Waals surface area contributed by atoms with Crippen molar-refractivity contribution >= 4 is 11.6 Å². The quantitative estimate of drug-likeness (QED) is 0.396. The Morgan fingerprint density at radius 1 is 1.12 bits per heavy atom. The van der Waals surface area contributed by atoms with E-state index in [2.05, 4.69) is 25.3 Å². The number of H-pyrrole nitrogens is 1. The fourth-order valence-corrected chi connectivity index (χ4v) is 3.55. The Kier molecular flexibility index (Phi) is 6.01. The molecule has 0 spiro atoms. The minimum Gasteiger partial charge on any atom is -0.345 e. The second-order valence-electron chi connectivity index (χ2n) is 8.45. The number of aromatic amines is 1. The van der Waals surface area contributed by atoms with E-state index in [0.717, 1.165) is 11.3 Å². The summed E-state index contributed by atoms with van der Waals surface area (Å²) in [6.45, 7) is 3.36. The lowest BCUT2D eigenvalue weighted by atomic mass is 9.93. The van der Waals surface area contributed by atoms with Gasteiger partial charge >= 0.3 is 0 Å². The van der Waals surface area contributed by atoms with Gasteiger partial charge in [-0.1, -0.05) is 6.92 Å². The molecule has 0 aliphatic carbocycles. The first-order valence-corrected chi connectivity index (χ1v) is 10.8. The summed E-state index contributed by atoms with van der Waals surface area (Å²) in [5.74, 6) is 0.565. The Balaban J connectivity index is 1.51. The van der Waals surface area contributed by atoms with Gasteiger partial charge in [0.25, 0.3) is 0 Å². The molecule has 9 nitrogen and oxygen atoms in total. The van der Waals surface area contributed by atoms with Crippen molar-refractivity contribution in [2.75, 3.05) is 25.1 Å². The largest absolute Gasteiger partial charge is 0.345 e. The van der Waals surface area contributed by atoms with Crippen LogP contribution in [0.5, 0.6) is 0 Å². The molecule has 1 aliphatic rings. The van der Waals surface area contributed by atoms with Crippen LogP contribution in [-0.2, 0) is 9.47 Å². The molecule has 174 valence electrons. The molecule has 34 heavy (non-hydrogen) atoms. The number of hydrogen-bond acceptors (Lipinski definition) is 8. The van der Waals surface area contributed by atoms with E-state index in [4.69, 9.17) is 20.2 Å². The van der Waals surface area contributed by atoms with Crippen LogP contribution in [0.1, 0.15) is 19.0 Å². The molecule has 3 aromatic heterocycles. The Hall–Kier alpha value is -3.73. The highest BCUT2D eigenvalue weighted by molar-refractivity contribution is 5.77. The number of nitrogens with zero attached hydrogens (tertiary/aromatic N) is 4. The summed E-state index contributed by atoms with van der Waals surface area (Å²) in [6.07, 6.45) is 4.34. The van der Waals surface area contributed by atoms with E-state index in [1.807, 2.05) is 19.1 Å². The maximum atomic E-state index is 13.6. The molecule has 4 heterocycles. The van der Waals surface area contributed by atoms with Crippen molar-refractivity contribution in [3.05, 3.63) is 72.7 Å². The average molecular weight is 462 g/mol. The number of pyridine rings is 1. The highest BCUT2D eigenvalue weighted by Gasteiger charge is 2.34. The van der Waals surface area contributed by atoms with Gasteiger partial charge in [-0.05, 0) is 42.5 Å². The SMILES string of the molecule is CC1(CN)COC(c2nc(-c3ccc(F)cc3)c(-c3ccnc(Nc4cccnc4)n3)[nH]2)OC1. The van der Waals surface area contributed by atoms with Crippen LogP contribution in [0.25, 0.3) is 22.6 Å². The predicted molar refractivity (Wildman–Crippen MR) is 124 cm³/mol. The molecule has 4 N–H and O–H groups in total. The fraction of sp³-hybridized carbons (Fsp3) is 0.250. The maximum Gasteiger partial charge on any atom is 0.227 e. The molecule has 0 amide bonds. The van der Waals surface area contributed by atoms with Crippen molar-refractivity contribution in [1.82, 2.24) is 24.9 Å². The summed E-state index contributed by atoms with van der Waals surface area (Å²) in [7, 11) is 0. The average Bonchev–Trinajstić information content (AvgIpc) is 3.31. The number of hydrogen-bond donors (Lipinski definition) is 3. The Bertz CT molecular complexity index is 1260. The second kappa shape index (κ2) is 9.26. The van der Waals surface area contributed by atoms with Crippen molar-refractivity contribution in [1.29, 1.82) is 0 Å². The van der Waals surface area contributed by atoms with Gasteiger partial charge in [0.2, 0.25) is 12.2 Å². The van der Waals surface area contributed by atoms with Gasteiger partial charge in [-0.2, -0.15) is 0 Å². The molecular weight excluding hydrogens is 437 g/mol. The third-order valence-corrected chi connectivity index (χ3v) is 5.55. The molecule has 0 atom stereocenters. The normalized spacial score (nSPS) is 20.3. The molecular formula is C24H24FN7O2. The van der Waals surface area contributed by atoms with Crippen molar-refractivity contribution in [2.45, 2.75) is 13.2 Å². The lowest BCUT2D eigenvalue weighted by molar-refractivity contribution is -0.231. The molecule has 4 aromatic rings. The van der Waals surface area contributed by atoms with Crippen molar-refractivity contribution in [3.8, 4) is 22.6 Å². The summed E-state index contributed by atoms with van der Waals surface area (Å²) in [5.41, 5.74) is 8.92. The first-order chi connectivity index (χ1) is 16.5. The van der Waals surface area contributed by atoms with Gasteiger partial charge in [0, 0.05) is 29.9 Å². The molecule has 5 rings (SSSR count). The van der Waals surface area contributed by atoms with Gasteiger partial charge in [-0.15, -0.1) is 0 Å². The molecule has 1 fully saturated rings. The number of benzene rings is 1. The van der Waals surface area contributed by atoms with E-state index in [-0.39, 0.29) is 11.2 Å². The second-order valence-corrected chi connectivity index (χ2v) is 8.45. The van der Waals surface area contributed by atoms with Crippen LogP contribution in [0.4, 0.5) is 16.0 Å². The monoisotopic (exact) mass is 461 g/mol. The van der Waals surface area contributed by atoms with Gasteiger partial charge < -0.3 is 25.5 Å². The predicted octanol–water partition coefficient (Wildman–Crippen LogP) is 3.82. The highest BCUT2D eigenvalue weighted by atomic mass is 19.1. The van der Waals surface area contributed by atoms with E-state index >= 15 is 0 Å². The van der Waals surface area contributed by atoms with E-state index < -0.39 is 6.29 Å². The summed E-state index contributed by atoms with van der Waals surface area (Å²) in [5, 5.41) is 3.14. The molecule has 1 saturated heterocycles. The van der Waals surface area contributed by atoms with Gasteiger partial charge in [0.1, 0.15) is 5.82 Å². The van der Waals surface area contributed by atoms with Crippen LogP contribution in [0.15, 0.2) is 61.1 Å². The number of rotatable bonds is 6. The summed E-state index contributed by atoms with van der Waals surface area (Å²) < 4.78 is 25.4. The number of halogens is 1. The van der Waals surface area contributed by atoms with E-state index in [1.54, 1.807) is 36.8 Å². The van der Waals surface area contributed by atoms with Crippen LogP contribution in [0, 0.1) is 11.2 Å². The Morgan fingerprint density at radius 3 is 2.62 bits per heavy atom. The molecule has 10 heteroatoms. The summed E-state index contributed by atoms with van der Waals surface area (Å²) in [4.78, 5) is 21.1. The van der Waals surface area contributed by atoms with E-state index in [0.29, 0.717) is 48.6 Å². The standard InChI is InChI=1S/C24H24FN7O2/c1-24(12-26)13-33-22(34-14-24)21-31-19(15-4-6-16(25)7-5-15)20(32-21)18-8-10-28-23(30-18)29-17-3-2-9-27-11-17/h2-11,22H,12-14,26H2,1H3,(H,31,32)(H,28,29,30). The molecule has 1 aromatic carbocycles. The van der Waals surface area contributed by atoms with Crippen LogP contribution in [0.3, 0.4) is 0 Å². The lowest BCUT2D eigenvalue weighted by Gasteiger charge is -2.35. The molecule has 0 radical (unpaired) electrons. The maximum absolute atomic E-state index is 13.6. The number of nitrogens with two attached hydrogens (primary N) is 1. The van der Waals surface area contributed by atoms with E-state index in [1.165, 1.54) is 12.1 Å². The molecule has 0 unspecified atom stereocenters. The number of imidazole rings is 1. The number of ether oxygens (including phenoxy) is 2. The van der Waals surface area contributed by atoms with Gasteiger partial charge in [0.15, 0.2) is 5.82 Å². The molecule has 1 aliphatic heterocycles. The Labute approximate surface area is 195 Å². The van der Waals surface area contributed by atoms with Crippen LogP contribution >= 0.6 is 0 Å². The number of nitrogens with one attached hydrogen (secondary N) is 2. The van der Waals surface area contributed by atoms with Crippen molar-refractivity contribution < 1.29 is 13.9 Å². The minimum absolute atomic E-state index is 0.245. The summed E-state index contributed by atoms with van der Waals surface area (Å²) >= 11 is 0. The van der Waals surface area contributed by atoms with Crippen molar-refractivity contribution in [2.24, 2.45) is 11.1 Å². The van der Waals surface area contributed by atoms with Gasteiger partial charge in [0.05, 0.1) is 42.2 Å². The van der Waals surface area contributed by atoms with Crippen LogP contribution in [0.2, 0.25) is 0 Å². The first kappa shape index (κ1) is 22.1. The van der Waals surface area contributed by atoms with Gasteiger partial charge in [-0.3, -0.25) is 4.98 Å². The third kappa shape index (κ3) is 4.65. The third-order valence-electron chi connectivity index (χ3n) is 5.55. The fourth-order valence-electron chi connectivity index (χ4n) is 3.55. The van der Waals surface area contributed by atoms with Crippen LogP contribution < -0.4 is 11.1 Å². The molecule has 0 bridgehead atoms. The summed E-state index contributed by atoms with van der Waals surface area (Å²) in [6, 6.07) is 11.6. The number of aromatic nitrogens is 5. The highest BCUT2D eigenvalue weighted by Crippen LogP contribution is 2.35. The van der Waals surface area contributed by atoms with Crippen molar-refractivity contribution in [3.63, 3.8) is 0 Å². The smallest absolute Gasteiger partial charge is 0.227 e. The zero-order valence-electron chi connectivity index (χ0n) is 18.5. The number of anilines is 2. The molecule has 0 saturated carbocycles. The zero-order chi connectivity index (χ0) is 23.5. The van der Waals surface area contributed by atoms with Crippen LogP contribution in [-0.4, -0.2) is 44.7 Å². The Morgan fingerprint density at radius 2 is 1.91 bits per heavy atom. The minimum atomic E-state index is -0.678. The first-order valence-electron chi connectivity index (χ1n) is 10.8. The van der Waals surface area contributed by atoms with Gasteiger partial charge in [-0.25, -0.2) is 19.3 Å².